The molecule has 2 N–H and O–H groups in total. The Labute approximate surface area is 113 Å². The number of benzene rings is 1. The van der Waals surface area contributed by atoms with Crippen LogP contribution in [0.25, 0.3) is 0 Å². The van der Waals surface area contributed by atoms with Crippen LogP contribution < -0.4 is 5.48 Å². The lowest BCUT2D eigenvalue weighted by molar-refractivity contribution is 0.0294. The van der Waals surface area contributed by atoms with Crippen molar-refractivity contribution in [2.75, 3.05) is 19.7 Å². The number of rotatable bonds is 4. The fourth-order valence-electron chi connectivity index (χ4n) is 2.22. The molecule has 1 aliphatic heterocycles. The molecule has 2 amide bonds. The molecule has 5 nitrogen and oxygen atoms in total. The average Bonchev–Trinajstić information content (AvgIpc) is 2.48. The van der Waals surface area contributed by atoms with E-state index in [1.54, 1.807) is 4.90 Å². The fraction of sp³-hybridized carbons (Fsp3) is 0.500. The van der Waals surface area contributed by atoms with Crippen molar-refractivity contribution in [3.05, 3.63) is 35.9 Å². The molecule has 0 aliphatic carbocycles. The van der Waals surface area contributed by atoms with E-state index in [0.29, 0.717) is 13.2 Å². The van der Waals surface area contributed by atoms with Gasteiger partial charge in [0.15, 0.2) is 0 Å². The molecule has 5 heteroatoms. The van der Waals surface area contributed by atoms with E-state index >= 15 is 0 Å². The minimum atomic E-state index is -0.228. The minimum absolute atomic E-state index is 0.134. The molecule has 0 radical (unpaired) electrons. The van der Waals surface area contributed by atoms with Gasteiger partial charge in [-0.1, -0.05) is 30.3 Å². The van der Waals surface area contributed by atoms with Crippen LogP contribution in [0.4, 0.5) is 4.79 Å². The van der Waals surface area contributed by atoms with Crippen LogP contribution in [0.1, 0.15) is 18.4 Å². The first-order valence-corrected chi connectivity index (χ1v) is 6.61. The lowest BCUT2D eigenvalue weighted by Crippen LogP contribution is -2.46. The van der Waals surface area contributed by atoms with Gasteiger partial charge in [-0.05, 0) is 24.3 Å². The molecule has 0 bridgehead atoms. The molecular weight excluding hydrogens is 244 g/mol. The predicted molar refractivity (Wildman–Crippen MR) is 71.1 cm³/mol. The number of nitrogens with zero attached hydrogens (tertiary/aromatic N) is 1. The number of aliphatic hydroxyl groups is 1. The van der Waals surface area contributed by atoms with E-state index in [1.807, 2.05) is 30.3 Å². The van der Waals surface area contributed by atoms with Crippen LogP contribution in [0.15, 0.2) is 30.3 Å². The molecule has 1 fully saturated rings. The molecule has 1 aromatic carbocycles. The van der Waals surface area contributed by atoms with Crippen LogP contribution in [-0.4, -0.2) is 35.7 Å². The Balaban J connectivity index is 1.72. The number of carbonyl (C=O) groups excluding carboxylic acids is 1. The molecule has 0 saturated carbocycles. The van der Waals surface area contributed by atoms with Crippen molar-refractivity contribution >= 4 is 6.03 Å². The predicted octanol–water partition coefficient (Wildman–Crippen LogP) is 1.53. The first kappa shape index (κ1) is 13.8. The molecule has 1 aromatic rings. The number of piperidine rings is 1. The van der Waals surface area contributed by atoms with Gasteiger partial charge in [-0.3, -0.25) is 4.84 Å². The van der Waals surface area contributed by atoms with Gasteiger partial charge >= 0.3 is 6.03 Å². The van der Waals surface area contributed by atoms with Crippen LogP contribution >= 0.6 is 0 Å². The number of hydrogen-bond acceptors (Lipinski definition) is 3. The van der Waals surface area contributed by atoms with Gasteiger partial charge < -0.3 is 10.0 Å². The maximum absolute atomic E-state index is 11.9. The Bertz CT molecular complexity index is 397. The summed E-state index contributed by atoms with van der Waals surface area (Å²) < 4.78 is 0. The highest BCUT2D eigenvalue weighted by Crippen LogP contribution is 2.15. The molecule has 1 atom stereocenters. The largest absolute Gasteiger partial charge is 0.396 e. The summed E-state index contributed by atoms with van der Waals surface area (Å²) in [4.78, 5) is 18.7. The number of aliphatic hydroxyl groups excluding tert-OH is 1. The summed E-state index contributed by atoms with van der Waals surface area (Å²) >= 11 is 0. The number of hydrogen-bond donors (Lipinski definition) is 2. The minimum Gasteiger partial charge on any atom is -0.396 e. The first-order valence-electron chi connectivity index (χ1n) is 6.61. The zero-order valence-electron chi connectivity index (χ0n) is 10.9. The molecule has 1 heterocycles. The smallest absolute Gasteiger partial charge is 0.341 e. The van der Waals surface area contributed by atoms with Crippen LogP contribution in [0, 0.1) is 5.92 Å². The third-order valence-corrected chi connectivity index (χ3v) is 3.31. The molecule has 1 unspecified atom stereocenters. The highest BCUT2D eigenvalue weighted by molar-refractivity contribution is 5.73. The van der Waals surface area contributed by atoms with Crippen LogP contribution in [-0.2, 0) is 11.4 Å². The molecule has 104 valence electrons. The van der Waals surface area contributed by atoms with Crippen LogP contribution in [0.2, 0.25) is 0 Å². The van der Waals surface area contributed by atoms with Crippen molar-refractivity contribution in [3.63, 3.8) is 0 Å². The van der Waals surface area contributed by atoms with Gasteiger partial charge in [0.1, 0.15) is 0 Å². The summed E-state index contributed by atoms with van der Waals surface area (Å²) in [5.74, 6) is 0.189. The number of likely N-dealkylation sites (tertiary alicyclic amines) is 1. The number of carbonyl (C=O) groups is 1. The van der Waals surface area contributed by atoms with Gasteiger partial charge in [-0.2, -0.15) is 0 Å². The number of amides is 2. The number of urea groups is 1. The molecule has 2 rings (SSSR count). The molecule has 19 heavy (non-hydrogen) atoms. The van der Waals surface area contributed by atoms with Crippen LogP contribution in [0.5, 0.6) is 0 Å². The Morgan fingerprint density at radius 3 is 2.95 bits per heavy atom. The third kappa shape index (κ3) is 4.22. The van der Waals surface area contributed by atoms with E-state index in [9.17, 15) is 4.79 Å². The van der Waals surface area contributed by atoms with Gasteiger partial charge in [-0.15, -0.1) is 0 Å². The van der Waals surface area contributed by atoms with Crippen molar-refractivity contribution in [1.29, 1.82) is 0 Å². The summed E-state index contributed by atoms with van der Waals surface area (Å²) in [6.45, 7) is 1.80. The van der Waals surface area contributed by atoms with E-state index in [2.05, 4.69) is 5.48 Å². The second-order valence-electron chi connectivity index (χ2n) is 4.82. The second-order valence-corrected chi connectivity index (χ2v) is 4.82. The second kappa shape index (κ2) is 7.11. The quantitative estimate of drug-likeness (QED) is 0.811. The monoisotopic (exact) mass is 264 g/mol. The molecule has 0 spiro atoms. The maximum Gasteiger partial charge on any atom is 0.341 e. The molecular formula is C14H20N2O3. The summed E-state index contributed by atoms with van der Waals surface area (Å²) in [5.41, 5.74) is 3.46. The maximum atomic E-state index is 11.9. The van der Waals surface area contributed by atoms with Gasteiger partial charge in [0.2, 0.25) is 0 Å². The Kier molecular flexibility index (Phi) is 5.18. The van der Waals surface area contributed by atoms with E-state index in [-0.39, 0.29) is 18.6 Å². The molecule has 0 aromatic heterocycles. The van der Waals surface area contributed by atoms with Gasteiger partial charge in [0.25, 0.3) is 0 Å². The Morgan fingerprint density at radius 1 is 1.42 bits per heavy atom. The van der Waals surface area contributed by atoms with Gasteiger partial charge in [0.05, 0.1) is 6.61 Å². The third-order valence-electron chi connectivity index (χ3n) is 3.31. The summed E-state index contributed by atoms with van der Waals surface area (Å²) in [6, 6.07) is 9.44. The van der Waals surface area contributed by atoms with Crippen molar-refractivity contribution in [2.45, 2.75) is 19.4 Å². The van der Waals surface area contributed by atoms with Crippen molar-refractivity contribution in [2.24, 2.45) is 5.92 Å². The molecule has 1 saturated heterocycles. The van der Waals surface area contributed by atoms with Gasteiger partial charge in [0, 0.05) is 19.7 Å². The van der Waals surface area contributed by atoms with E-state index in [0.717, 1.165) is 24.9 Å². The Hall–Kier alpha value is -1.59. The van der Waals surface area contributed by atoms with Crippen LogP contribution in [0.3, 0.4) is 0 Å². The lowest BCUT2D eigenvalue weighted by Gasteiger charge is -2.31. The lowest BCUT2D eigenvalue weighted by atomic mass is 9.99. The zero-order chi connectivity index (χ0) is 13.5. The normalized spacial score (nSPS) is 19.2. The van der Waals surface area contributed by atoms with E-state index < -0.39 is 0 Å². The number of hydroxylamine groups is 1. The first-order chi connectivity index (χ1) is 9.29. The SMILES string of the molecule is O=C(NOCc1ccccc1)N1CCCC(CO)C1. The fourth-order valence-corrected chi connectivity index (χ4v) is 2.22. The summed E-state index contributed by atoms with van der Waals surface area (Å²) in [6.07, 6.45) is 1.91. The molecule has 1 aliphatic rings. The van der Waals surface area contributed by atoms with Crippen molar-refractivity contribution in [3.8, 4) is 0 Å². The van der Waals surface area contributed by atoms with E-state index in [4.69, 9.17) is 9.94 Å². The highest BCUT2D eigenvalue weighted by atomic mass is 16.7. The van der Waals surface area contributed by atoms with Crippen molar-refractivity contribution < 1.29 is 14.7 Å². The summed E-state index contributed by atoms with van der Waals surface area (Å²) in [7, 11) is 0. The number of nitrogens with one attached hydrogen (secondary N) is 1. The highest BCUT2D eigenvalue weighted by Gasteiger charge is 2.23. The average molecular weight is 264 g/mol. The zero-order valence-corrected chi connectivity index (χ0v) is 10.9. The topological polar surface area (TPSA) is 61.8 Å². The summed E-state index contributed by atoms with van der Waals surface area (Å²) in [5, 5.41) is 9.13. The van der Waals surface area contributed by atoms with Gasteiger partial charge in [-0.25, -0.2) is 10.3 Å². The standard InChI is InChI=1S/C14H20N2O3/c17-10-13-7-4-8-16(9-13)14(18)15-19-11-12-5-2-1-3-6-12/h1-3,5-6,13,17H,4,7-11H2,(H,15,18). The van der Waals surface area contributed by atoms with E-state index in [1.165, 1.54) is 0 Å². The Morgan fingerprint density at radius 2 is 2.21 bits per heavy atom. The van der Waals surface area contributed by atoms with Crippen molar-refractivity contribution in [1.82, 2.24) is 10.4 Å².